The highest BCUT2D eigenvalue weighted by atomic mass is 35.5. The van der Waals surface area contributed by atoms with Crippen LogP contribution in [0, 0.1) is 18.3 Å². The summed E-state index contributed by atoms with van der Waals surface area (Å²) in [7, 11) is 1.27. The summed E-state index contributed by atoms with van der Waals surface area (Å²) in [5.41, 5.74) is -5.13. The van der Waals surface area contributed by atoms with Crippen LogP contribution in [-0.4, -0.2) is 28.6 Å². The lowest BCUT2D eigenvalue weighted by molar-refractivity contribution is -0.141. The molecule has 0 aliphatic carbocycles. The Labute approximate surface area is 204 Å². The second kappa shape index (κ2) is 9.54. The third kappa shape index (κ3) is 5.13. The van der Waals surface area contributed by atoms with Crippen LogP contribution in [0.1, 0.15) is 43.2 Å². The molecule has 14 heteroatoms. The SMILES string of the molecule is CNC(=O)c1cc(C#N)cc(C)c1NC(=O)c1cc(C(F)(F)F)nn1-c1c(Cl)cccc1C(F)(F)F. The molecular weight excluding hydrogens is 516 g/mol. The van der Waals surface area contributed by atoms with Gasteiger partial charge in [0.1, 0.15) is 5.69 Å². The van der Waals surface area contributed by atoms with Gasteiger partial charge in [0, 0.05) is 13.1 Å². The summed E-state index contributed by atoms with van der Waals surface area (Å²) in [5.74, 6) is -2.05. The van der Waals surface area contributed by atoms with E-state index in [0.717, 1.165) is 18.2 Å². The topological polar surface area (TPSA) is 99.8 Å². The van der Waals surface area contributed by atoms with E-state index in [2.05, 4.69) is 15.7 Å². The highest BCUT2D eigenvalue weighted by molar-refractivity contribution is 6.32. The lowest BCUT2D eigenvalue weighted by atomic mass is 10.0. The van der Waals surface area contributed by atoms with Gasteiger partial charge in [0.15, 0.2) is 5.69 Å². The zero-order valence-corrected chi connectivity index (χ0v) is 19.0. The number of nitrogens with zero attached hydrogens (tertiary/aromatic N) is 3. The normalized spacial score (nSPS) is 11.7. The van der Waals surface area contributed by atoms with Crippen molar-refractivity contribution < 1.29 is 35.9 Å². The van der Waals surface area contributed by atoms with E-state index in [4.69, 9.17) is 16.9 Å². The van der Waals surface area contributed by atoms with Gasteiger partial charge in [-0.25, -0.2) is 4.68 Å². The van der Waals surface area contributed by atoms with E-state index in [1.807, 2.05) is 6.07 Å². The van der Waals surface area contributed by atoms with Gasteiger partial charge in [-0.05, 0) is 36.8 Å². The molecule has 36 heavy (non-hydrogen) atoms. The predicted molar refractivity (Wildman–Crippen MR) is 116 cm³/mol. The number of alkyl halides is 6. The van der Waals surface area contributed by atoms with E-state index in [1.165, 1.54) is 20.0 Å². The first-order valence-corrected chi connectivity index (χ1v) is 10.2. The lowest BCUT2D eigenvalue weighted by Gasteiger charge is -2.17. The van der Waals surface area contributed by atoms with Crippen molar-refractivity contribution in [2.45, 2.75) is 19.3 Å². The van der Waals surface area contributed by atoms with Crippen molar-refractivity contribution in [2.75, 3.05) is 12.4 Å². The van der Waals surface area contributed by atoms with Crippen LogP contribution in [-0.2, 0) is 12.4 Å². The molecule has 1 heterocycles. The van der Waals surface area contributed by atoms with Crippen LogP contribution >= 0.6 is 11.6 Å². The molecule has 188 valence electrons. The zero-order chi connectivity index (χ0) is 27.0. The minimum Gasteiger partial charge on any atom is -0.355 e. The number of hydrogen-bond acceptors (Lipinski definition) is 4. The summed E-state index contributed by atoms with van der Waals surface area (Å²) < 4.78 is 81.4. The molecule has 0 bridgehead atoms. The van der Waals surface area contributed by atoms with E-state index in [-0.39, 0.29) is 33.1 Å². The molecule has 0 spiro atoms. The average molecular weight is 530 g/mol. The minimum atomic E-state index is -5.11. The Morgan fingerprint density at radius 2 is 1.72 bits per heavy atom. The highest BCUT2D eigenvalue weighted by Gasteiger charge is 2.40. The molecule has 0 saturated carbocycles. The molecule has 0 aliphatic rings. The van der Waals surface area contributed by atoms with E-state index in [0.29, 0.717) is 6.07 Å². The van der Waals surface area contributed by atoms with Crippen molar-refractivity contribution in [3.05, 3.63) is 75.1 Å². The molecule has 7 nitrogen and oxygen atoms in total. The molecule has 2 amide bonds. The molecule has 2 N–H and O–H groups in total. The first-order valence-electron chi connectivity index (χ1n) is 9.80. The third-order valence-corrected chi connectivity index (χ3v) is 5.22. The van der Waals surface area contributed by atoms with Gasteiger partial charge >= 0.3 is 12.4 Å². The quantitative estimate of drug-likeness (QED) is 0.445. The van der Waals surface area contributed by atoms with Gasteiger partial charge in [0.05, 0.1) is 39.2 Å². The zero-order valence-electron chi connectivity index (χ0n) is 18.3. The summed E-state index contributed by atoms with van der Waals surface area (Å²) in [5, 5.41) is 16.3. The Hall–Kier alpha value is -4.05. The fourth-order valence-electron chi connectivity index (χ4n) is 3.32. The minimum absolute atomic E-state index is 0.0550. The summed E-state index contributed by atoms with van der Waals surface area (Å²) in [4.78, 5) is 25.4. The van der Waals surface area contributed by atoms with Crippen LogP contribution in [0.25, 0.3) is 5.69 Å². The number of rotatable bonds is 4. The van der Waals surface area contributed by atoms with Crippen LogP contribution in [0.2, 0.25) is 5.02 Å². The van der Waals surface area contributed by atoms with E-state index in [9.17, 15) is 35.9 Å². The van der Waals surface area contributed by atoms with Crippen LogP contribution in [0.5, 0.6) is 0 Å². The average Bonchev–Trinajstić information content (AvgIpc) is 3.24. The summed E-state index contributed by atoms with van der Waals surface area (Å²) in [6.07, 6.45) is -10.2. The number of nitrogens with one attached hydrogen (secondary N) is 2. The molecule has 0 fully saturated rings. The second-order valence-electron chi connectivity index (χ2n) is 7.32. The van der Waals surface area contributed by atoms with Gasteiger partial charge in [-0.3, -0.25) is 9.59 Å². The maximum atomic E-state index is 13.6. The van der Waals surface area contributed by atoms with Gasteiger partial charge in [0.25, 0.3) is 11.8 Å². The van der Waals surface area contributed by atoms with Gasteiger partial charge in [0.2, 0.25) is 0 Å². The van der Waals surface area contributed by atoms with Gasteiger partial charge < -0.3 is 10.6 Å². The number of halogens is 7. The number of para-hydroxylation sites is 1. The first kappa shape index (κ1) is 26.6. The summed E-state index contributed by atoms with van der Waals surface area (Å²) >= 11 is 5.92. The molecule has 0 unspecified atom stereocenters. The van der Waals surface area contributed by atoms with Crippen molar-refractivity contribution in [2.24, 2.45) is 0 Å². The van der Waals surface area contributed by atoms with Crippen LogP contribution in [0.15, 0.2) is 36.4 Å². The molecule has 0 atom stereocenters. The first-order chi connectivity index (χ1) is 16.7. The Balaban J connectivity index is 2.24. The monoisotopic (exact) mass is 529 g/mol. The maximum Gasteiger partial charge on any atom is 0.435 e. The number of nitriles is 1. The second-order valence-corrected chi connectivity index (χ2v) is 7.73. The van der Waals surface area contributed by atoms with Crippen LogP contribution in [0.3, 0.4) is 0 Å². The molecular formula is C22H14ClF6N5O2. The van der Waals surface area contributed by atoms with E-state index >= 15 is 0 Å². The third-order valence-electron chi connectivity index (χ3n) is 4.91. The molecule has 1 aromatic heterocycles. The van der Waals surface area contributed by atoms with Crippen molar-refractivity contribution in [3.8, 4) is 11.8 Å². The largest absolute Gasteiger partial charge is 0.435 e. The molecule has 0 saturated heterocycles. The maximum absolute atomic E-state index is 13.6. The van der Waals surface area contributed by atoms with Crippen molar-refractivity contribution >= 4 is 29.1 Å². The number of hydrogen-bond donors (Lipinski definition) is 2. The number of amides is 2. The van der Waals surface area contributed by atoms with Crippen LogP contribution < -0.4 is 10.6 Å². The standard InChI is InChI=1S/C22H14ClF6N5O2/c1-10-6-11(9-30)7-12(19(35)31-2)17(10)32-20(36)15-8-16(22(27,28)29)33-34(15)18-13(21(24,25)26)4-3-5-14(18)23/h3-8H,1-2H3,(H,31,35)(H,32,36). The van der Waals surface area contributed by atoms with Crippen LogP contribution in [0.4, 0.5) is 32.0 Å². The summed E-state index contributed by atoms with van der Waals surface area (Å²) in [6.45, 7) is 1.41. The van der Waals surface area contributed by atoms with Crippen molar-refractivity contribution in [1.29, 1.82) is 5.26 Å². The fraction of sp³-hybridized carbons (Fsp3) is 0.182. The number of benzene rings is 2. The van der Waals surface area contributed by atoms with E-state index in [1.54, 1.807) is 0 Å². The summed E-state index contributed by atoms with van der Waals surface area (Å²) in [6, 6.07) is 7.04. The van der Waals surface area contributed by atoms with Crippen molar-refractivity contribution in [1.82, 2.24) is 15.1 Å². The predicted octanol–water partition coefficient (Wildman–Crippen LogP) is 5.36. The smallest absolute Gasteiger partial charge is 0.355 e. The van der Waals surface area contributed by atoms with Gasteiger partial charge in [-0.15, -0.1) is 0 Å². The van der Waals surface area contributed by atoms with Crippen molar-refractivity contribution in [3.63, 3.8) is 0 Å². The molecule has 2 aromatic carbocycles. The highest BCUT2D eigenvalue weighted by Crippen LogP contribution is 2.39. The number of carbonyl (C=O) groups excluding carboxylic acids is 2. The fourth-order valence-corrected chi connectivity index (χ4v) is 3.57. The Bertz CT molecular complexity index is 1410. The number of anilines is 1. The molecule has 3 aromatic rings. The molecule has 3 rings (SSSR count). The molecule has 0 aliphatic heterocycles. The van der Waals surface area contributed by atoms with Gasteiger partial charge in [-0.1, -0.05) is 17.7 Å². The number of carbonyl (C=O) groups is 2. The number of aryl methyl sites for hydroxylation is 1. The molecule has 0 radical (unpaired) electrons. The number of aromatic nitrogens is 2. The Morgan fingerprint density at radius 1 is 1.06 bits per heavy atom. The lowest BCUT2D eigenvalue weighted by Crippen LogP contribution is -2.24. The Morgan fingerprint density at radius 3 is 2.28 bits per heavy atom. The van der Waals surface area contributed by atoms with E-state index < -0.39 is 51.8 Å². The Kier molecular flexibility index (Phi) is 7.04. The van der Waals surface area contributed by atoms with Gasteiger partial charge in [-0.2, -0.15) is 36.7 Å².